The fourth-order valence-electron chi connectivity index (χ4n) is 4.15. The number of nitrogens with zero attached hydrogens (tertiary/aromatic N) is 3. The van der Waals surface area contributed by atoms with Gasteiger partial charge in [0.25, 0.3) is 0 Å². The van der Waals surface area contributed by atoms with Gasteiger partial charge in [0, 0.05) is 36.5 Å². The molecule has 190 valence electrons. The number of carbonyl (C=O) groups is 2. The second-order valence-corrected chi connectivity index (χ2v) is 9.72. The van der Waals surface area contributed by atoms with Crippen LogP contribution < -0.4 is 4.74 Å². The summed E-state index contributed by atoms with van der Waals surface area (Å²) in [6, 6.07) is 14.0. The Labute approximate surface area is 214 Å². The monoisotopic (exact) mass is 511 g/mol. The quantitative estimate of drug-likeness (QED) is 0.435. The zero-order chi connectivity index (χ0) is 25.5. The lowest BCUT2D eigenvalue weighted by Gasteiger charge is -2.25. The molecule has 0 N–H and O–H groups in total. The predicted molar refractivity (Wildman–Crippen MR) is 135 cm³/mol. The van der Waals surface area contributed by atoms with Gasteiger partial charge >= 0.3 is 0 Å². The van der Waals surface area contributed by atoms with Crippen molar-refractivity contribution in [3.63, 3.8) is 0 Å². The average molecular weight is 512 g/mol. The van der Waals surface area contributed by atoms with Crippen molar-refractivity contribution in [2.75, 3.05) is 26.7 Å². The molecule has 0 spiro atoms. The zero-order valence-corrected chi connectivity index (χ0v) is 21.3. The summed E-state index contributed by atoms with van der Waals surface area (Å²) in [7, 11) is 1.60. The molecule has 1 aliphatic rings. The number of halogens is 1. The topological polar surface area (TPSA) is 72.0 Å². The van der Waals surface area contributed by atoms with Gasteiger partial charge in [0.15, 0.2) is 0 Å². The second-order valence-electron chi connectivity index (χ2n) is 8.78. The van der Waals surface area contributed by atoms with Crippen molar-refractivity contribution in [2.45, 2.75) is 39.0 Å². The molecular weight excluding hydrogens is 481 g/mol. The number of aromatic nitrogens is 1. The van der Waals surface area contributed by atoms with Crippen molar-refractivity contribution < 1.29 is 23.5 Å². The van der Waals surface area contributed by atoms with Gasteiger partial charge in [-0.3, -0.25) is 9.59 Å². The van der Waals surface area contributed by atoms with Crippen molar-refractivity contribution in [2.24, 2.45) is 0 Å². The van der Waals surface area contributed by atoms with Gasteiger partial charge in [-0.25, -0.2) is 9.37 Å². The number of hydrogen-bond donors (Lipinski definition) is 0. The van der Waals surface area contributed by atoms with E-state index in [-0.39, 0.29) is 43.7 Å². The normalized spacial score (nSPS) is 16.2. The van der Waals surface area contributed by atoms with E-state index in [1.54, 1.807) is 40.6 Å². The van der Waals surface area contributed by atoms with Crippen molar-refractivity contribution in [3.05, 3.63) is 81.6 Å². The fraction of sp³-hybridized carbons (Fsp3) is 0.370. The summed E-state index contributed by atoms with van der Waals surface area (Å²) in [5.41, 5.74) is 4.08. The molecule has 3 aromatic rings. The van der Waals surface area contributed by atoms with Crippen molar-refractivity contribution >= 4 is 23.2 Å². The van der Waals surface area contributed by atoms with Crippen molar-refractivity contribution in [3.8, 4) is 5.75 Å². The van der Waals surface area contributed by atoms with Crippen LogP contribution in [0.2, 0.25) is 0 Å². The molecule has 9 heteroatoms. The molecule has 2 amide bonds. The highest BCUT2D eigenvalue weighted by molar-refractivity contribution is 7.09. The smallest absolute Gasteiger partial charge is 0.242 e. The lowest BCUT2D eigenvalue weighted by molar-refractivity contribution is -0.139. The average Bonchev–Trinajstić information content (AvgIpc) is 3.23. The van der Waals surface area contributed by atoms with Crippen LogP contribution in [-0.2, 0) is 33.9 Å². The number of benzene rings is 2. The van der Waals surface area contributed by atoms with E-state index < -0.39 is 6.10 Å². The van der Waals surface area contributed by atoms with Gasteiger partial charge in [-0.05, 0) is 37.1 Å². The van der Waals surface area contributed by atoms with E-state index in [1.807, 2.05) is 31.2 Å². The maximum Gasteiger partial charge on any atom is 0.242 e. The minimum atomic E-state index is -0.455. The van der Waals surface area contributed by atoms with Gasteiger partial charge in [0.1, 0.15) is 11.6 Å². The van der Waals surface area contributed by atoms with Crippen LogP contribution in [-0.4, -0.2) is 59.4 Å². The number of hydrogen-bond acceptors (Lipinski definition) is 6. The molecule has 1 atom stereocenters. The molecular formula is C27H30FN3O4S. The molecule has 0 saturated carbocycles. The van der Waals surface area contributed by atoms with E-state index in [4.69, 9.17) is 9.47 Å². The molecule has 2 aromatic carbocycles. The third-order valence-electron chi connectivity index (χ3n) is 6.26. The lowest BCUT2D eigenvalue weighted by Crippen LogP contribution is -2.39. The molecule has 1 saturated heterocycles. The van der Waals surface area contributed by atoms with Crippen LogP contribution in [0.3, 0.4) is 0 Å². The number of carbonyl (C=O) groups excluding carboxylic acids is 2. The molecule has 1 aliphatic heterocycles. The van der Waals surface area contributed by atoms with Crippen molar-refractivity contribution in [1.29, 1.82) is 0 Å². The largest absolute Gasteiger partial charge is 0.497 e. The van der Waals surface area contributed by atoms with E-state index in [2.05, 4.69) is 4.98 Å². The van der Waals surface area contributed by atoms with Crippen LogP contribution in [0, 0.1) is 12.7 Å². The number of ether oxygens (including phenoxy) is 2. The second kappa shape index (κ2) is 12.1. The molecule has 1 aromatic heterocycles. The SMILES string of the molecule is COc1ccc(CN2C[C@@H](OCc3ccccc3F)CN(C(=O)CCc3scnc3C)CC2=O)cc1. The third kappa shape index (κ3) is 6.67. The van der Waals surface area contributed by atoms with E-state index in [1.165, 1.54) is 17.4 Å². The predicted octanol–water partition coefficient (Wildman–Crippen LogP) is 3.99. The molecule has 0 aliphatic carbocycles. The Morgan fingerprint density at radius 2 is 1.94 bits per heavy atom. The Morgan fingerprint density at radius 3 is 2.64 bits per heavy atom. The number of thiazole rings is 1. The summed E-state index contributed by atoms with van der Waals surface area (Å²) in [5, 5.41) is 0. The van der Waals surface area contributed by atoms with Crippen LogP contribution in [0.4, 0.5) is 4.39 Å². The molecule has 1 fully saturated rings. The Kier molecular flexibility index (Phi) is 8.66. The molecule has 7 nitrogen and oxygen atoms in total. The minimum Gasteiger partial charge on any atom is -0.497 e. The van der Waals surface area contributed by atoms with Gasteiger partial charge in [0.2, 0.25) is 11.8 Å². The van der Waals surface area contributed by atoms with Gasteiger partial charge in [-0.1, -0.05) is 30.3 Å². The first-order valence-corrected chi connectivity index (χ1v) is 12.7. The summed E-state index contributed by atoms with van der Waals surface area (Å²) >= 11 is 1.53. The Morgan fingerprint density at radius 1 is 1.17 bits per heavy atom. The standard InChI is InChI=1S/C27H30FN3O4S/c1-19-25(36-18-29-19)11-12-26(32)31-15-23(35-17-21-5-3-4-6-24(21)28)14-30(27(33)16-31)13-20-7-9-22(34-2)10-8-20/h3-10,18,23H,11-17H2,1-2H3/t23-/m1/s1. The first kappa shape index (κ1) is 25.8. The van der Waals surface area contributed by atoms with Crippen LogP contribution in [0.1, 0.15) is 28.1 Å². The Balaban J connectivity index is 1.47. The van der Waals surface area contributed by atoms with E-state index in [9.17, 15) is 14.0 Å². The molecule has 0 unspecified atom stereocenters. The number of aryl methyl sites for hydroxylation is 2. The summed E-state index contributed by atoms with van der Waals surface area (Å²) in [4.78, 5) is 34.9. The molecule has 2 heterocycles. The molecule has 36 heavy (non-hydrogen) atoms. The fourth-order valence-corrected chi connectivity index (χ4v) is 4.93. The zero-order valence-electron chi connectivity index (χ0n) is 20.5. The summed E-state index contributed by atoms with van der Waals surface area (Å²) in [6.07, 6.45) is 0.411. The van der Waals surface area contributed by atoms with Crippen LogP contribution >= 0.6 is 11.3 Å². The van der Waals surface area contributed by atoms with Gasteiger partial charge < -0.3 is 19.3 Å². The Hall–Kier alpha value is -3.30. The lowest BCUT2D eigenvalue weighted by atomic mass is 10.2. The first-order chi connectivity index (χ1) is 17.4. The number of methoxy groups -OCH3 is 1. The van der Waals surface area contributed by atoms with Crippen LogP contribution in [0.25, 0.3) is 0 Å². The van der Waals surface area contributed by atoms with Crippen LogP contribution in [0.15, 0.2) is 54.0 Å². The number of amides is 2. The Bertz CT molecular complexity index is 1180. The van der Waals surface area contributed by atoms with Crippen LogP contribution in [0.5, 0.6) is 5.75 Å². The molecule has 0 radical (unpaired) electrons. The van der Waals surface area contributed by atoms with Gasteiger partial charge in [0.05, 0.1) is 37.6 Å². The summed E-state index contributed by atoms with van der Waals surface area (Å²) in [6.45, 7) is 2.91. The van der Waals surface area contributed by atoms with E-state index in [0.717, 1.165) is 21.9 Å². The van der Waals surface area contributed by atoms with Gasteiger partial charge in [-0.2, -0.15) is 0 Å². The summed E-state index contributed by atoms with van der Waals surface area (Å²) in [5.74, 6) is 0.136. The first-order valence-electron chi connectivity index (χ1n) is 11.9. The highest BCUT2D eigenvalue weighted by atomic mass is 32.1. The van der Waals surface area contributed by atoms with E-state index >= 15 is 0 Å². The highest BCUT2D eigenvalue weighted by Crippen LogP contribution is 2.19. The van der Waals surface area contributed by atoms with Gasteiger partial charge in [-0.15, -0.1) is 11.3 Å². The third-order valence-corrected chi connectivity index (χ3v) is 7.25. The highest BCUT2D eigenvalue weighted by Gasteiger charge is 2.31. The number of rotatable bonds is 9. The minimum absolute atomic E-state index is 0.0176. The van der Waals surface area contributed by atoms with Crippen molar-refractivity contribution in [1.82, 2.24) is 14.8 Å². The van der Waals surface area contributed by atoms with E-state index in [0.29, 0.717) is 25.1 Å². The summed E-state index contributed by atoms with van der Waals surface area (Å²) < 4.78 is 25.5. The maximum absolute atomic E-state index is 14.2. The molecule has 0 bridgehead atoms. The molecule has 4 rings (SSSR count). The maximum atomic E-state index is 14.2.